The van der Waals surface area contributed by atoms with E-state index in [9.17, 15) is 9.18 Å². The minimum absolute atomic E-state index is 0.0305. The number of anilines is 1. The third-order valence-electron chi connectivity index (χ3n) is 6.69. The summed E-state index contributed by atoms with van der Waals surface area (Å²) in [7, 11) is 4.63. The van der Waals surface area contributed by atoms with E-state index in [2.05, 4.69) is 9.80 Å². The highest BCUT2D eigenvalue weighted by Gasteiger charge is 2.30. The van der Waals surface area contributed by atoms with Gasteiger partial charge in [-0.25, -0.2) is 4.39 Å². The fraction of sp³-hybridized carbons (Fsp3) is 0.480. The van der Waals surface area contributed by atoms with E-state index in [4.69, 9.17) is 14.2 Å². The lowest BCUT2D eigenvalue weighted by molar-refractivity contribution is 0.0610. The number of halogens is 1. The van der Waals surface area contributed by atoms with Crippen LogP contribution in [0.3, 0.4) is 0 Å². The maximum atomic E-state index is 14.1. The third kappa shape index (κ3) is 4.85. The second-order valence-corrected chi connectivity index (χ2v) is 8.41. The van der Waals surface area contributed by atoms with Gasteiger partial charge in [0.2, 0.25) is 5.75 Å². The molecule has 0 radical (unpaired) electrons. The van der Waals surface area contributed by atoms with E-state index in [0.29, 0.717) is 47.6 Å². The summed E-state index contributed by atoms with van der Waals surface area (Å²) < 4.78 is 30.2. The third-order valence-corrected chi connectivity index (χ3v) is 6.69. The minimum Gasteiger partial charge on any atom is -0.493 e. The number of para-hydroxylation sites is 1. The number of piperidine rings is 1. The first-order valence-electron chi connectivity index (χ1n) is 11.4. The van der Waals surface area contributed by atoms with Crippen molar-refractivity contribution in [2.45, 2.75) is 18.9 Å². The number of hydrogen-bond acceptors (Lipinski definition) is 6. The molecule has 2 saturated heterocycles. The molecule has 7 nitrogen and oxygen atoms in total. The Morgan fingerprint density at radius 1 is 0.879 bits per heavy atom. The molecule has 4 rings (SSSR count). The normalized spacial score (nSPS) is 17.7. The Hall–Kier alpha value is -3.00. The van der Waals surface area contributed by atoms with Crippen molar-refractivity contribution in [1.29, 1.82) is 0 Å². The topological polar surface area (TPSA) is 54.5 Å². The lowest BCUT2D eigenvalue weighted by atomic mass is 10.0. The van der Waals surface area contributed by atoms with Gasteiger partial charge in [0.15, 0.2) is 11.5 Å². The molecular weight excluding hydrogens is 425 g/mol. The molecule has 33 heavy (non-hydrogen) atoms. The predicted octanol–water partition coefficient (Wildman–Crippen LogP) is 3.28. The molecule has 178 valence electrons. The van der Waals surface area contributed by atoms with Crippen molar-refractivity contribution in [3.05, 3.63) is 47.8 Å². The minimum atomic E-state index is -0.162. The maximum Gasteiger partial charge on any atom is 0.254 e. The molecule has 0 bridgehead atoms. The molecule has 2 aromatic rings. The number of methoxy groups -OCH3 is 3. The molecule has 8 heteroatoms. The van der Waals surface area contributed by atoms with Gasteiger partial charge >= 0.3 is 0 Å². The molecular formula is C25H32FN3O4. The molecule has 2 aliphatic heterocycles. The van der Waals surface area contributed by atoms with Gasteiger partial charge in [-0.1, -0.05) is 12.1 Å². The van der Waals surface area contributed by atoms with Gasteiger partial charge in [0.05, 0.1) is 27.0 Å². The Balaban J connectivity index is 1.34. The van der Waals surface area contributed by atoms with Crippen LogP contribution in [0.2, 0.25) is 0 Å². The number of benzene rings is 2. The fourth-order valence-corrected chi connectivity index (χ4v) is 4.86. The van der Waals surface area contributed by atoms with Gasteiger partial charge in [-0.15, -0.1) is 0 Å². The van der Waals surface area contributed by atoms with Crippen molar-refractivity contribution < 1.29 is 23.4 Å². The van der Waals surface area contributed by atoms with Gasteiger partial charge in [-0.2, -0.15) is 0 Å². The summed E-state index contributed by atoms with van der Waals surface area (Å²) in [6.45, 7) is 4.83. The second-order valence-electron chi connectivity index (χ2n) is 8.41. The average Bonchev–Trinajstić information content (AvgIpc) is 2.87. The van der Waals surface area contributed by atoms with Crippen molar-refractivity contribution >= 4 is 11.6 Å². The molecule has 0 saturated carbocycles. The zero-order valence-corrected chi connectivity index (χ0v) is 19.6. The van der Waals surface area contributed by atoms with E-state index < -0.39 is 0 Å². The van der Waals surface area contributed by atoms with Crippen molar-refractivity contribution in [2.75, 3.05) is 65.5 Å². The largest absolute Gasteiger partial charge is 0.493 e. The summed E-state index contributed by atoms with van der Waals surface area (Å²) in [6, 6.07) is 10.8. The fourth-order valence-electron chi connectivity index (χ4n) is 4.86. The Morgan fingerprint density at radius 2 is 1.48 bits per heavy atom. The first-order chi connectivity index (χ1) is 16.0. The highest BCUT2D eigenvalue weighted by atomic mass is 19.1. The van der Waals surface area contributed by atoms with Crippen LogP contribution in [-0.4, -0.2) is 82.3 Å². The van der Waals surface area contributed by atoms with Gasteiger partial charge in [0, 0.05) is 50.9 Å². The van der Waals surface area contributed by atoms with E-state index >= 15 is 0 Å². The van der Waals surface area contributed by atoms with Crippen LogP contribution in [0.25, 0.3) is 0 Å². The molecule has 0 N–H and O–H groups in total. The highest BCUT2D eigenvalue weighted by Crippen LogP contribution is 2.38. The summed E-state index contributed by atoms with van der Waals surface area (Å²) in [5, 5.41) is 0. The molecule has 2 fully saturated rings. The molecule has 0 aromatic heterocycles. The van der Waals surface area contributed by atoms with Gasteiger partial charge in [-0.05, 0) is 37.1 Å². The number of nitrogens with zero attached hydrogens (tertiary/aromatic N) is 3. The zero-order valence-electron chi connectivity index (χ0n) is 19.6. The van der Waals surface area contributed by atoms with Gasteiger partial charge < -0.3 is 24.0 Å². The van der Waals surface area contributed by atoms with Crippen molar-refractivity contribution in [3.8, 4) is 17.2 Å². The summed E-state index contributed by atoms with van der Waals surface area (Å²) in [4.78, 5) is 19.7. The first kappa shape index (κ1) is 23.2. The molecule has 2 aliphatic rings. The number of likely N-dealkylation sites (tertiary alicyclic amines) is 1. The summed E-state index contributed by atoms with van der Waals surface area (Å²) >= 11 is 0. The summed E-state index contributed by atoms with van der Waals surface area (Å²) in [5.41, 5.74) is 1.21. The number of carbonyl (C=O) groups excluding carboxylic acids is 1. The summed E-state index contributed by atoms with van der Waals surface area (Å²) in [6.07, 6.45) is 1.85. The first-order valence-corrected chi connectivity index (χ1v) is 11.4. The van der Waals surface area contributed by atoms with Crippen molar-refractivity contribution in [3.63, 3.8) is 0 Å². The number of amides is 1. The van der Waals surface area contributed by atoms with E-state index in [1.165, 1.54) is 6.07 Å². The van der Waals surface area contributed by atoms with Crippen molar-refractivity contribution in [1.82, 2.24) is 9.80 Å². The highest BCUT2D eigenvalue weighted by molar-refractivity contribution is 5.95. The number of piperazine rings is 1. The molecule has 0 unspecified atom stereocenters. The van der Waals surface area contributed by atoms with Gasteiger partial charge in [0.25, 0.3) is 5.91 Å². The lowest BCUT2D eigenvalue weighted by Gasteiger charge is -2.43. The van der Waals surface area contributed by atoms with Crippen LogP contribution in [0.15, 0.2) is 36.4 Å². The van der Waals surface area contributed by atoms with E-state index in [1.807, 2.05) is 17.0 Å². The summed E-state index contributed by atoms with van der Waals surface area (Å²) in [5.74, 6) is 1.23. The van der Waals surface area contributed by atoms with E-state index in [0.717, 1.165) is 39.0 Å². The lowest BCUT2D eigenvalue weighted by Crippen LogP contribution is -2.54. The quantitative estimate of drug-likeness (QED) is 0.664. The number of ether oxygens (including phenoxy) is 3. The van der Waals surface area contributed by atoms with Crippen LogP contribution in [-0.2, 0) is 0 Å². The van der Waals surface area contributed by atoms with E-state index in [1.54, 1.807) is 39.5 Å². The van der Waals surface area contributed by atoms with Crippen LogP contribution in [0.4, 0.5) is 10.1 Å². The number of hydrogen-bond donors (Lipinski definition) is 0. The molecule has 0 aliphatic carbocycles. The van der Waals surface area contributed by atoms with Crippen LogP contribution in [0.1, 0.15) is 23.2 Å². The van der Waals surface area contributed by atoms with Crippen LogP contribution < -0.4 is 19.1 Å². The molecule has 0 spiro atoms. The predicted molar refractivity (Wildman–Crippen MR) is 125 cm³/mol. The Bertz CT molecular complexity index is 945. The second kappa shape index (κ2) is 10.3. The number of rotatable bonds is 6. The molecule has 0 atom stereocenters. The standard InChI is InChI=1S/C25H32FN3O4/c1-31-22-16-18(17-23(32-2)24(22)33-3)25(30)29-10-8-19(9-11-29)27-12-14-28(15-13-27)21-7-5-4-6-20(21)26/h4-7,16-17,19H,8-15H2,1-3H3. The number of carbonyl (C=O) groups is 1. The van der Waals surface area contributed by atoms with Crippen LogP contribution >= 0.6 is 0 Å². The van der Waals surface area contributed by atoms with Crippen molar-refractivity contribution in [2.24, 2.45) is 0 Å². The molecule has 2 aromatic carbocycles. The zero-order chi connectivity index (χ0) is 23.4. The van der Waals surface area contributed by atoms with Gasteiger partial charge in [0.1, 0.15) is 5.82 Å². The van der Waals surface area contributed by atoms with Gasteiger partial charge in [-0.3, -0.25) is 9.69 Å². The SMILES string of the molecule is COc1cc(C(=O)N2CCC(N3CCN(c4ccccc4F)CC3)CC2)cc(OC)c1OC. The average molecular weight is 458 g/mol. The van der Waals surface area contributed by atoms with Crippen LogP contribution in [0, 0.1) is 5.82 Å². The van der Waals surface area contributed by atoms with Crippen LogP contribution in [0.5, 0.6) is 17.2 Å². The van der Waals surface area contributed by atoms with E-state index in [-0.39, 0.29) is 11.7 Å². The Morgan fingerprint density at radius 3 is 2.03 bits per heavy atom. The maximum absolute atomic E-state index is 14.1. The molecule has 1 amide bonds. The smallest absolute Gasteiger partial charge is 0.254 e. The Kier molecular flexibility index (Phi) is 7.23. The molecule has 2 heterocycles. The monoisotopic (exact) mass is 457 g/mol. The Labute approximate surface area is 194 Å².